The Morgan fingerprint density at radius 3 is 2.11 bits per heavy atom. The third kappa shape index (κ3) is 3.16. The van der Waals surface area contributed by atoms with Crippen molar-refractivity contribution in [1.29, 1.82) is 0 Å². The van der Waals surface area contributed by atoms with Gasteiger partial charge in [-0.15, -0.1) is 0 Å². The van der Waals surface area contributed by atoms with Crippen molar-refractivity contribution in [2.75, 3.05) is 25.6 Å². The highest BCUT2D eigenvalue weighted by Crippen LogP contribution is 2.18. The first-order chi connectivity index (χ1) is 8.89. The first-order valence-electron chi connectivity index (χ1n) is 5.28. The van der Waals surface area contributed by atoms with Crippen LogP contribution in [0, 0.1) is 11.6 Å². The number of aliphatic hydroxyl groups is 3. The largest absolute Gasteiger partial charge is 0.398 e. The molecule has 19 heavy (non-hydrogen) atoms. The molecule has 6 N–H and O–H groups in total. The van der Waals surface area contributed by atoms with Gasteiger partial charge in [0.1, 0.15) is 5.54 Å². The van der Waals surface area contributed by atoms with Gasteiger partial charge in [0.25, 0.3) is 5.91 Å². The monoisotopic (exact) mass is 276 g/mol. The number of hydrogen-bond donors (Lipinski definition) is 5. The van der Waals surface area contributed by atoms with Crippen LogP contribution in [0.4, 0.5) is 14.5 Å². The molecule has 0 aromatic heterocycles. The van der Waals surface area contributed by atoms with Crippen LogP contribution in [0.3, 0.4) is 0 Å². The highest BCUT2D eigenvalue weighted by molar-refractivity contribution is 5.99. The number of carbonyl (C=O) groups excluding carboxylic acids is 1. The number of halogens is 2. The van der Waals surface area contributed by atoms with Crippen LogP contribution in [0.5, 0.6) is 0 Å². The average molecular weight is 276 g/mol. The number of benzene rings is 1. The summed E-state index contributed by atoms with van der Waals surface area (Å²) in [4.78, 5) is 11.8. The smallest absolute Gasteiger partial charge is 0.254 e. The molecule has 106 valence electrons. The number of anilines is 1. The van der Waals surface area contributed by atoms with E-state index in [0.29, 0.717) is 12.1 Å². The summed E-state index contributed by atoms with van der Waals surface area (Å²) in [6.45, 7) is -2.22. The van der Waals surface area contributed by atoms with Crippen LogP contribution >= 0.6 is 0 Å². The lowest BCUT2D eigenvalue weighted by atomic mass is 10.0. The first-order valence-corrected chi connectivity index (χ1v) is 5.28. The Morgan fingerprint density at radius 1 is 1.16 bits per heavy atom. The van der Waals surface area contributed by atoms with Crippen molar-refractivity contribution in [3.63, 3.8) is 0 Å². The maximum Gasteiger partial charge on any atom is 0.254 e. The summed E-state index contributed by atoms with van der Waals surface area (Å²) in [5.74, 6) is -3.41. The van der Waals surface area contributed by atoms with E-state index < -0.39 is 42.9 Å². The zero-order chi connectivity index (χ0) is 14.6. The molecule has 1 rings (SSSR count). The van der Waals surface area contributed by atoms with Crippen molar-refractivity contribution in [3.8, 4) is 0 Å². The lowest BCUT2D eigenvalue weighted by Gasteiger charge is -2.28. The fourth-order valence-corrected chi connectivity index (χ4v) is 1.34. The van der Waals surface area contributed by atoms with Crippen molar-refractivity contribution in [3.05, 3.63) is 29.3 Å². The summed E-state index contributed by atoms with van der Waals surface area (Å²) < 4.78 is 25.9. The Bertz CT molecular complexity index is 470. The average Bonchev–Trinajstić information content (AvgIpc) is 2.40. The molecule has 8 heteroatoms. The standard InChI is InChI=1S/C11H14F2N2O4/c12-7-1-6(9(14)2-8(7)13)10(19)15-11(3-16,4-17)5-18/h1-2,16-18H,3-5,14H2,(H,15,19). The molecule has 0 bridgehead atoms. The minimum Gasteiger partial charge on any atom is -0.398 e. The molecule has 1 amide bonds. The van der Waals surface area contributed by atoms with E-state index in [1.807, 2.05) is 0 Å². The van der Waals surface area contributed by atoms with Crippen LogP contribution in [0.2, 0.25) is 0 Å². The maximum atomic E-state index is 13.0. The van der Waals surface area contributed by atoms with Crippen molar-refractivity contribution in [2.45, 2.75) is 5.54 Å². The number of aliphatic hydroxyl groups excluding tert-OH is 3. The van der Waals surface area contributed by atoms with Crippen LogP contribution in [-0.4, -0.2) is 46.6 Å². The van der Waals surface area contributed by atoms with E-state index in [1.54, 1.807) is 0 Å². The van der Waals surface area contributed by atoms with Gasteiger partial charge in [0.2, 0.25) is 0 Å². The fourth-order valence-electron chi connectivity index (χ4n) is 1.34. The number of nitrogens with two attached hydrogens (primary N) is 1. The Labute approximate surface area is 107 Å². The highest BCUT2D eigenvalue weighted by Gasteiger charge is 2.31. The molecular weight excluding hydrogens is 262 g/mol. The molecule has 1 aromatic carbocycles. The molecule has 0 aliphatic carbocycles. The van der Waals surface area contributed by atoms with Gasteiger partial charge in [-0.2, -0.15) is 0 Å². The third-order valence-corrected chi connectivity index (χ3v) is 2.62. The lowest BCUT2D eigenvalue weighted by Crippen LogP contribution is -2.57. The summed E-state index contributed by atoms with van der Waals surface area (Å²) in [5, 5.41) is 29.2. The molecule has 0 saturated carbocycles. The minimum absolute atomic E-state index is 0.306. The summed E-state index contributed by atoms with van der Waals surface area (Å²) >= 11 is 0. The minimum atomic E-state index is -1.67. The number of carbonyl (C=O) groups is 1. The number of hydrogen-bond acceptors (Lipinski definition) is 5. The fraction of sp³-hybridized carbons (Fsp3) is 0.364. The van der Waals surface area contributed by atoms with Gasteiger partial charge in [-0.05, 0) is 6.07 Å². The molecule has 1 aromatic rings. The molecule has 0 atom stereocenters. The van der Waals surface area contributed by atoms with E-state index >= 15 is 0 Å². The Hall–Kier alpha value is -1.77. The van der Waals surface area contributed by atoms with Gasteiger partial charge >= 0.3 is 0 Å². The zero-order valence-corrected chi connectivity index (χ0v) is 9.86. The second kappa shape index (κ2) is 5.91. The quantitative estimate of drug-likeness (QED) is 0.442. The predicted octanol–water partition coefficient (Wildman–Crippen LogP) is -1.01. The van der Waals surface area contributed by atoms with Crippen LogP contribution in [0.1, 0.15) is 10.4 Å². The Morgan fingerprint density at radius 2 is 1.63 bits per heavy atom. The van der Waals surface area contributed by atoms with Crippen molar-refractivity contribution in [1.82, 2.24) is 5.32 Å². The molecule has 0 saturated heterocycles. The van der Waals surface area contributed by atoms with Gasteiger partial charge in [0, 0.05) is 11.8 Å². The molecule has 0 aliphatic heterocycles. The second-order valence-electron chi connectivity index (χ2n) is 4.06. The Balaban J connectivity index is 3.04. The van der Waals surface area contributed by atoms with Gasteiger partial charge in [-0.25, -0.2) is 8.78 Å². The molecule has 6 nitrogen and oxygen atoms in total. The number of amides is 1. The summed E-state index contributed by atoms with van der Waals surface area (Å²) in [6.07, 6.45) is 0. The zero-order valence-electron chi connectivity index (χ0n) is 9.86. The van der Waals surface area contributed by atoms with Crippen molar-refractivity contribution >= 4 is 11.6 Å². The van der Waals surface area contributed by atoms with E-state index in [1.165, 1.54) is 0 Å². The normalized spacial score (nSPS) is 11.4. The predicted molar refractivity (Wildman–Crippen MR) is 62.2 cm³/mol. The first kappa shape index (κ1) is 15.3. The van der Waals surface area contributed by atoms with Crippen molar-refractivity contribution < 1.29 is 28.9 Å². The van der Waals surface area contributed by atoms with E-state index in [0.717, 1.165) is 0 Å². The molecule has 0 radical (unpaired) electrons. The molecule has 0 heterocycles. The molecular formula is C11H14F2N2O4. The SMILES string of the molecule is Nc1cc(F)c(F)cc1C(=O)NC(CO)(CO)CO. The number of nitrogens with one attached hydrogen (secondary N) is 1. The third-order valence-electron chi connectivity index (χ3n) is 2.62. The van der Waals surface area contributed by atoms with Gasteiger partial charge in [0.15, 0.2) is 11.6 Å². The molecule has 0 spiro atoms. The summed E-state index contributed by atoms with van der Waals surface area (Å²) in [5.41, 5.74) is 3.04. The van der Waals surface area contributed by atoms with Crippen LogP contribution < -0.4 is 11.1 Å². The van der Waals surface area contributed by atoms with Crippen molar-refractivity contribution in [2.24, 2.45) is 0 Å². The molecule has 0 fully saturated rings. The second-order valence-corrected chi connectivity index (χ2v) is 4.06. The van der Waals surface area contributed by atoms with Crippen LogP contribution in [0.15, 0.2) is 12.1 Å². The maximum absolute atomic E-state index is 13.0. The summed E-state index contributed by atoms with van der Waals surface area (Å²) in [6, 6.07) is 1.24. The topological polar surface area (TPSA) is 116 Å². The van der Waals surface area contributed by atoms with E-state index in [9.17, 15) is 13.6 Å². The van der Waals surface area contributed by atoms with E-state index in [2.05, 4.69) is 5.32 Å². The summed E-state index contributed by atoms with van der Waals surface area (Å²) in [7, 11) is 0. The lowest BCUT2D eigenvalue weighted by molar-refractivity contribution is 0.0375. The number of nitrogen functional groups attached to an aromatic ring is 1. The molecule has 0 aliphatic rings. The van der Waals surface area contributed by atoms with Gasteiger partial charge in [-0.1, -0.05) is 0 Å². The Kier molecular flexibility index (Phi) is 4.76. The number of rotatable bonds is 5. The highest BCUT2D eigenvalue weighted by atomic mass is 19.2. The van der Waals surface area contributed by atoms with Gasteiger partial charge < -0.3 is 26.4 Å². The van der Waals surface area contributed by atoms with Crippen LogP contribution in [-0.2, 0) is 0 Å². The van der Waals surface area contributed by atoms with Gasteiger partial charge in [0.05, 0.1) is 25.4 Å². The van der Waals surface area contributed by atoms with Crippen LogP contribution in [0.25, 0.3) is 0 Å². The van der Waals surface area contributed by atoms with E-state index in [4.69, 9.17) is 21.1 Å². The van der Waals surface area contributed by atoms with Gasteiger partial charge in [-0.3, -0.25) is 4.79 Å². The van der Waals surface area contributed by atoms with E-state index in [-0.39, 0.29) is 11.3 Å². The molecule has 0 unspecified atom stereocenters.